The van der Waals surface area contributed by atoms with Crippen LogP contribution in [0.3, 0.4) is 0 Å². The summed E-state index contributed by atoms with van der Waals surface area (Å²) in [4.78, 5) is 9.08. The molecule has 5 nitrogen and oxygen atoms in total. The molecule has 0 spiro atoms. The van der Waals surface area contributed by atoms with Gasteiger partial charge < -0.3 is 5.32 Å². The van der Waals surface area contributed by atoms with Crippen LogP contribution in [0, 0.1) is 6.92 Å². The highest BCUT2D eigenvalue weighted by atomic mass is 15.4. The van der Waals surface area contributed by atoms with E-state index in [2.05, 4.69) is 51.6 Å². The molecule has 0 amide bonds. The number of fused-ring (bicyclic) bond motifs is 2. The Morgan fingerprint density at radius 1 is 1.14 bits per heavy atom. The van der Waals surface area contributed by atoms with Gasteiger partial charge in [0.15, 0.2) is 0 Å². The van der Waals surface area contributed by atoms with Crippen molar-refractivity contribution < 1.29 is 0 Å². The number of benzene rings is 1. The first-order chi connectivity index (χ1) is 10.7. The maximum absolute atomic E-state index is 4.66. The third-order valence-corrected chi connectivity index (χ3v) is 4.24. The van der Waals surface area contributed by atoms with E-state index in [9.17, 15) is 0 Å². The van der Waals surface area contributed by atoms with Gasteiger partial charge in [0.2, 0.25) is 0 Å². The second-order valence-corrected chi connectivity index (χ2v) is 5.79. The van der Waals surface area contributed by atoms with Crippen LogP contribution in [0.25, 0.3) is 5.78 Å². The Morgan fingerprint density at radius 2 is 1.95 bits per heavy atom. The summed E-state index contributed by atoms with van der Waals surface area (Å²) in [6.45, 7) is 4.07. The molecule has 0 saturated carbocycles. The van der Waals surface area contributed by atoms with E-state index in [0.717, 1.165) is 48.7 Å². The van der Waals surface area contributed by atoms with Gasteiger partial charge in [0.05, 0.1) is 5.69 Å². The molecule has 5 heteroatoms. The summed E-state index contributed by atoms with van der Waals surface area (Å²) in [5, 5.41) is 8.03. The van der Waals surface area contributed by atoms with Crippen LogP contribution < -0.4 is 5.32 Å². The van der Waals surface area contributed by atoms with Gasteiger partial charge in [-0.1, -0.05) is 19.1 Å². The Hall–Kier alpha value is -2.43. The molecule has 1 N–H and O–H groups in total. The normalized spacial score (nSPS) is 13.5. The summed E-state index contributed by atoms with van der Waals surface area (Å²) >= 11 is 0. The van der Waals surface area contributed by atoms with E-state index in [1.807, 2.05) is 11.4 Å². The lowest BCUT2D eigenvalue weighted by molar-refractivity contribution is 0.899. The largest absolute Gasteiger partial charge is 0.340 e. The molecule has 1 aromatic carbocycles. The van der Waals surface area contributed by atoms with E-state index >= 15 is 0 Å². The van der Waals surface area contributed by atoms with E-state index in [1.54, 1.807) is 0 Å². The Balaban J connectivity index is 1.82. The van der Waals surface area contributed by atoms with Crippen LogP contribution in [-0.4, -0.2) is 19.6 Å². The average Bonchev–Trinajstić information content (AvgIpc) is 3.13. The fourth-order valence-corrected chi connectivity index (χ4v) is 3.07. The third kappa shape index (κ3) is 2.13. The van der Waals surface area contributed by atoms with E-state index in [1.165, 1.54) is 11.1 Å². The van der Waals surface area contributed by atoms with Crippen molar-refractivity contribution in [2.75, 3.05) is 5.32 Å². The highest BCUT2D eigenvalue weighted by Crippen LogP contribution is 2.30. The molecule has 0 saturated heterocycles. The van der Waals surface area contributed by atoms with Crippen molar-refractivity contribution >= 4 is 17.3 Å². The van der Waals surface area contributed by atoms with Crippen molar-refractivity contribution in [3.63, 3.8) is 0 Å². The van der Waals surface area contributed by atoms with E-state index in [-0.39, 0.29) is 0 Å². The Morgan fingerprint density at radius 3 is 2.73 bits per heavy atom. The molecule has 0 atom stereocenters. The Labute approximate surface area is 129 Å². The predicted octanol–water partition coefficient (Wildman–Crippen LogP) is 3.23. The van der Waals surface area contributed by atoms with E-state index in [4.69, 9.17) is 0 Å². The van der Waals surface area contributed by atoms with Gasteiger partial charge in [-0.3, -0.25) is 0 Å². The topological polar surface area (TPSA) is 55.1 Å². The zero-order valence-electron chi connectivity index (χ0n) is 12.9. The molecule has 0 bridgehead atoms. The van der Waals surface area contributed by atoms with Crippen LogP contribution in [-0.2, 0) is 19.3 Å². The minimum atomic E-state index is 0.686. The summed E-state index contributed by atoms with van der Waals surface area (Å²) < 4.78 is 1.84. The first-order valence-electron chi connectivity index (χ1n) is 7.85. The van der Waals surface area contributed by atoms with Gasteiger partial charge in [-0.15, -0.1) is 5.10 Å². The Kier molecular flexibility index (Phi) is 3.06. The molecule has 2 heterocycles. The lowest BCUT2D eigenvalue weighted by Crippen LogP contribution is -2.07. The lowest BCUT2D eigenvalue weighted by Gasteiger charge is -2.12. The summed E-state index contributed by atoms with van der Waals surface area (Å²) in [7, 11) is 0. The number of rotatable bonds is 3. The zero-order chi connectivity index (χ0) is 15.1. The maximum Gasteiger partial charge on any atom is 0.254 e. The fourth-order valence-electron chi connectivity index (χ4n) is 3.07. The van der Waals surface area contributed by atoms with Gasteiger partial charge in [-0.25, -0.2) is 4.98 Å². The summed E-state index contributed by atoms with van der Waals surface area (Å²) in [6.07, 6.45) is 4.28. The van der Waals surface area contributed by atoms with Crippen LogP contribution in [0.1, 0.15) is 36.0 Å². The molecule has 1 aliphatic rings. The fraction of sp³-hybridized carbons (Fsp3) is 0.353. The number of aryl methyl sites for hydroxylation is 3. The summed E-state index contributed by atoms with van der Waals surface area (Å²) in [5.41, 5.74) is 4.85. The Bertz CT molecular complexity index is 832. The van der Waals surface area contributed by atoms with Crippen LogP contribution in [0.15, 0.2) is 24.3 Å². The van der Waals surface area contributed by atoms with Crippen molar-refractivity contribution in [3.05, 3.63) is 46.9 Å². The van der Waals surface area contributed by atoms with E-state index in [0.29, 0.717) is 5.78 Å². The van der Waals surface area contributed by atoms with Crippen molar-refractivity contribution in [2.45, 2.75) is 39.5 Å². The van der Waals surface area contributed by atoms with Crippen molar-refractivity contribution in [2.24, 2.45) is 0 Å². The molecule has 0 radical (unpaired) electrons. The first-order valence-corrected chi connectivity index (χ1v) is 7.85. The maximum atomic E-state index is 4.66. The highest BCUT2D eigenvalue weighted by Gasteiger charge is 2.21. The minimum absolute atomic E-state index is 0.686. The third-order valence-electron chi connectivity index (χ3n) is 4.24. The molecule has 0 aliphatic heterocycles. The summed E-state index contributed by atoms with van der Waals surface area (Å²) in [5.74, 6) is 2.45. The zero-order valence-corrected chi connectivity index (χ0v) is 12.9. The van der Waals surface area contributed by atoms with Crippen molar-refractivity contribution in [1.82, 2.24) is 19.6 Å². The lowest BCUT2D eigenvalue weighted by atomic mass is 10.1. The van der Waals surface area contributed by atoms with Gasteiger partial charge in [0.25, 0.3) is 5.78 Å². The van der Waals surface area contributed by atoms with Gasteiger partial charge >= 0.3 is 0 Å². The molecule has 112 valence electrons. The molecule has 1 aliphatic carbocycles. The van der Waals surface area contributed by atoms with Crippen LogP contribution in [0.5, 0.6) is 0 Å². The second-order valence-electron chi connectivity index (χ2n) is 5.79. The van der Waals surface area contributed by atoms with Crippen LogP contribution in [0.2, 0.25) is 0 Å². The smallest absolute Gasteiger partial charge is 0.254 e. The van der Waals surface area contributed by atoms with Gasteiger partial charge in [0.1, 0.15) is 11.6 Å². The number of hydrogen-bond donors (Lipinski definition) is 1. The molecule has 0 unspecified atom stereocenters. The molecule has 3 aromatic rings. The number of nitrogens with one attached hydrogen (secondary N) is 1. The molecule has 0 fully saturated rings. The average molecular weight is 293 g/mol. The molecule has 4 rings (SSSR count). The predicted molar refractivity (Wildman–Crippen MR) is 86.6 cm³/mol. The second kappa shape index (κ2) is 5.09. The first kappa shape index (κ1) is 13.2. The quantitative estimate of drug-likeness (QED) is 0.805. The minimum Gasteiger partial charge on any atom is -0.340 e. The molecular formula is C17H19N5. The molecular weight excluding hydrogens is 274 g/mol. The standard InChI is InChI=1S/C17H19N5/c1-3-12-7-9-13(10-8-12)19-16-14-5-4-6-15(14)20-17-18-11(2)21-22(16)17/h7-10,19H,3-6H2,1-2H3. The number of nitrogens with zero attached hydrogens (tertiary/aromatic N) is 4. The number of aromatic nitrogens is 4. The number of anilines is 2. The van der Waals surface area contributed by atoms with E-state index < -0.39 is 0 Å². The van der Waals surface area contributed by atoms with Crippen molar-refractivity contribution in [1.29, 1.82) is 0 Å². The molecule has 2 aromatic heterocycles. The van der Waals surface area contributed by atoms with Gasteiger partial charge in [0, 0.05) is 11.3 Å². The SMILES string of the molecule is CCc1ccc(Nc2c3c(nc4nc(C)nn24)CCC3)cc1. The van der Waals surface area contributed by atoms with Gasteiger partial charge in [-0.05, 0) is 50.3 Å². The number of hydrogen-bond acceptors (Lipinski definition) is 4. The van der Waals surface area contributed by atoms with Crippen LogP contribution in [0.4, 0.5) is 11.5 Å². The van der Waals surface area contributed by atoms with Crippen molar-refractivity contribution in [3.8, 4) is 0 Å². The molecule has 22 heavy (non-hydrogen) atoms. The van der Waals surface area contributed by atoms with Gasteiger partial charge in [-0.2, -0.15) is 9.50 Å². The summed E-state index contributed by atoms with van der Waals surface area (Å²) in [6, 6.07) is 8.56. The highest BCUT2D eigenvalue weighted by molar-refractivity contribution is 5.64. The monoisotopic (exact) mass is 293 g/mol. The van der Waals surface area contributed by atoms with Crippen LogP contribution >= 0.6 is 0 Å².